The summed E-state index contributed by atoms with van der Waals surface area (Å²) in [5.41, 5.74) is 0. The third-order valence-electron chi connectivity index (χ3n) is 3.54. The molecule has 0 saturated carbocycles. The molecule has 0 spiro atoms. The molecule has 0 rings (SSSR count). The molecule has 0 aliphatic rings. The Labute approximate surface area is 145 Å². The largest absolute Gasteiger partial charge is 0.196 e. The first-order chi connectivity index (χ1) is 10.3. The van der Waals surface area contributed by atoms with Crippen molar-refractivity contribution in [1.82, 2.24) is 0 Å². The van der Waals surface area contributed by atoms with Gasteiger partial charge in [-0.15, -0.1) is 0 Å². The molecule has 0 aliphatic carbocycles. The van der Waals surface area contributed by atoms with Gasteiger partial charge in [-0.3, -0.25) is 0 Å². The second kappa shape index (κ2) is 7.29. The monoisotopic (exact) mass is 438 g/mol. The van der Waals surface area contributed by atoms with Gasteiger partial charge >= 0.3 is 0 Å². The van der Waals surface area contributed by atoms with Crippen LogP contribution in [0.4, 0.5) is 0 Å². The molecule has 0 aromatic carbocycles. The van der Waals surface area contributed by atoms with Crippen molar-refractivity contribution in [3.8, 4) is 0 Å². The molecule has 0 saturated heterocycles. The number of halogens is 2. The van der Waals surface area contributed by atoms with E-state index in [-0.39, 0.29) is 35.9 Å². The van der Waals surface area contributed by atoms with Crippen LogP contribution in [0.15, 0.2) is 0 Å². The lowest BCUT2D eigenvalue weighted by molar-refractivity contribution is -1.91. The minimum atomic E-state index is -4.89. The molecule has 0 aromatic heterocycles. The average molecular weight is 439 g/mol. The summed E-state index contributed by atoms with van der Waals surface area (Å²) in [5.74, 6) is -1.07. The van der Waals surface area contributed by atoms with Crippen molar-refractivity contribution in [2.24, 2.45) is 0 Å². The molecule has 0 N–H and O–H groups in total. The van der Waals surface area contributed by atoms with E-state index in [2.05, 4.69) is 7.47 Å². The van der Waals surface area contributed by atoms with E-state index in [0.717, 1.165) is 12.5 Å². The summed E-state index contributed by atoms with van der Waals surface area (Å²) in [4.78, 5) is 0. The molecule has 0 atom stereocenters. The third-order valence-corrected chi connectivity index (χ3v) is 13.2. The van der Waals surface area contributed by atoms with Crippen molar-refractivity contribution in [2.45, 2.75) is 26.7 Å². The fourth-order valence-electron chi connectivity index (χ4n) is 1.81. The first kappa shape index (κ1) is 24.6. The zero-order valence-electron chi connectivity index (χ0n) is 13.9. The molecular weight excluding hydrogens is 415 g/mol. The normalized spacial score (nSPS) is 17.8. The van der Waals surface area contributed by atoms with Crippen LogP contribution < -0.4 is 28.0 Å². The van der Waals surface area contributed by atoms with Gasteiger partial charge in [0.25, 0.3) is 0 Å². The molecule has 150 valence electrons. The minimum Gasteiger partial charge on any atom is -0.196 e. The van der Waals surface area contributed by atoms with Crippen molar-refractivity contribution in [2.75, 3.05) is 35.5 Å². The standard InChI is InChI=1S/C10H24Cl2O10S2/c1-5-23(3,19,21-11(13,14)15)9-7-8-10-24(4,20,6-2)22-12(16,17)18/h5-10H2,1-4H3. The third kappa shape index (κ3) is 9.31. The van der Waals surface area contributed by atoms with Crippen molar-refractivity contribution < 1.29 is 64.3 Å². The van der Waals surface area contributed by atoms with E-state index in [4.69, 9.17) is 0 Å². The van der Waals surface area contributed by atoms with Gasteiger partial charge in [0.1, 0.15) is 20.5 Å². The zero-order valence-corrected chi connectivity index (χ0v) is 17.0. The molecule has 0 amide bonds. The predicted molar refractivity (Wildman–Crippen MR) is 70.4 cm³/mol. The molecule has 14 heteroatoms. The molecule has 0 bridgehead atoms. The maximum atomic E-state index is 12.6. The van der Waals surface area contributed by atoms with Crippen LogP contribution in [0.5, 0.6) is 0 Å². The van der Waals surface area contributed by atoms with E-state index in [1.165, 1.54) is 13.8 Å². The molecule has 10 nitrogen and oxygen atoms in total. The number of hydrogen-bond donors (Lipinski definition) is 0. The van der Waals surface area contributed by atoms with E-state index in [0.29, 0.717) is 0 Å². The second-order valence-electron chi connectivity index (χ2n) is 5.88. The van der Waals surface area contributed by atoms with Crippen LogP contribution in [0.25, 0.3) is 0 Å². The van der Waals surface area contributed by atoms with E-state index < -0.39 is 39.2 Å². The topological polar surface area (TPSA) is 191 Å². The van der Waals surface area contributed by atoms with Crippen LogP contribution >= 0.6 is 0 Å². The Morgan fingerprint density at radius 2 is 0.958 bits per heavy atom. The van der Waals surface area contributed by atoms with E-state index in [1.54, 1.807) is 0 Å². The van der Waals surface area contributed by atoms with E-state index in [9.17, 15) is 36.4 Å². The lowest BCUT2D eigenvalue weighted by Crippen LogP contribution is -2.66. The fraction of sp³-hybridized carbons (Fsp3) is 1.00. The predicted octanol–water partition coefficient (Wildman–Crippen LogP) is -5.64. The lowest BCUT2D eigenvalue weighted by atomic mass is 10.4. The van der Waals surface area contributed by atoms with Crippen LogP contribution in [0.3, 0.4) is 0 Å². The van der Waals surface area contributed by atoms with Crippen LogP contribution in [0.2, 0.25) is 0 Å². The van der Waals surface area contributed by atoms with Gasteiger partial charge in [-0.05, 0) is 26.7 Å². The van der Waals surface area contributed by atoms with Gasteiger partial charge in [0.2, 0.25) is 0 Å². The maximum Gasteiger partial charge on any atom is 0.190 e. The first-order valence-corrected chi connectivity index (χ1v) is 14.5. The van der Waals surface area contributed by atoms with Crippen LogP contribution in [-0.4, -0.2) is 43.9 Å². The highest BCUT2D eigenvalue weighted by atomic mass is 35.7. The Morgan fingerprint density at radius 1 is 0.708 bits per heavy atom. The number of unbranched alkanes of at least 4 members (excludes halogenated alkanes) is 1. The van der Waals surface area contributed by atoms with Gasteiger partial charge in [0.05, 0.1) is 0 Å². The molecule has 0 heterocycles. The Kier molecular flexibility index (Phi) is 7.46. The summed E-state index contributed by atoms with van der Waals surface area (Å²) in [6.45, 7) is 2.78. The first-order valence-electron chi connectivity index (χ1n) is 6.79. The maximum absolute atomic E-state index is 12.6. The molecule has 0 unspecified atom stereocenters. The zero-order chi connectivity index (χ0) is 19.6. The Hall–Kier alpha value is 0.560. The molecule has 0 fully saturated rings. The van der Waals surface area contributed by atoms with Gasteiger partial charge < -0.3 is 0 Å². The average Bonchev–Trinajstić information content (AvgIpc) is 2.31. The van der Waals surface area contributed by atoms with E-state index >= 15 is 0 Å². The van der Waals surface area contributed by atoms with Crippen molar-refractivity contribution in [3.05, 3.63) is 0 Å². The highest BCUT2D eigenvalue weighted by Crippen LogP contribution is 2.31. The molecule has 0 radical (unpaired) electrons. The van der Waals surface area contributed by atoms with Crippen molar-refractivity contribution >= 4 is 18.7 Å². The van der Waals surface area contributed by atoms with Crippen molar-refractivity contribution in [3.63, 3.8) is 0 Å². The molecule has 0 aliphatic heterocycles. The Morgan fingerprint density at radius 3 is 1.12 bits per heavy atom. The summed E-state index contributed by atoms with van der Waals surface area (Å²) >= 11 is 0. The summed E-state index contributed by atoms with van der Waals surface area (Å²) in [6, 6.07) is 0. The molecule has 24 heavy (non-hydrogen) atoms. The van der Waals surface area contributed by atoms with Gasteiger partial charge in [-0.25, -0.2) is 0 Å². The summed E-state index contributed by atoms with van der Waals surface area (Å²) < 4.78 is 97.9. The van der Waals surface area contributed by atoms with Crippen LogP contribution in [0.1, 0.15) is 26.7 Å². The summed E-state index contributed by atoms with van der Waals surface area (Å²) in [7, 11) is -18.2. The van der Waals surface area contributed by atoms with E-state index in [1.807, 2.05) is 0 Å². The van der Waals surface area contributed by atoms with Gasteiger partial charge in [0, 0.05) is 35.5 Å². The van der Waals surface area contributed by atoms with Crippen LogP contribution in [0, 0.1) is 20.5 Å². The molecular formula is C10H24Cl2O10S2. The molecule has 0 aromatic rings. The van der Waals surface area contributed by atoms with Crippen LogP contribution in [-0.2, 0) is 26.2 Å². The summed E-state index contributed by atoms with van der Waals surface area (Å²) in [6.07, 6.45) is 2.08. The highest BCUT2D eigenvalue weighted by molar-refractivity contribution is 8.15. The second-order valence-corrected chi connectivity index (χ2v) is 17.0. The SMILES string of the molecule is CCS(C)(=O)(CCCCS(C)(=O)(CC)O[Cl+3]([O-])([O-])[O-])O[Cl+3]([O-])([O-])[O-]. The van der Waals surface area contributed by atoms with Gasteiger partial charge in [0.15, 0.2) is 7.47 Å². The van der Waals surface area contributed by atoms with Crippen molar-refractivity contribution in [1.29, 1.82) is 0 Å². The smallest absolute Gasteiger partial charge is 0.190 e. The minimum absolute atomic E-state index is 0.0162. The Bertz CT molecular complexity index is 519. The van der Waals surface area contributed by atoms with Gasteiger partial charge in [-0.2, -0.15) is 36.4 Å². The number of hydrogen-bond acceptors (Lipinski definition) is 10. The quantitative estimate of drug-likeness (QED) is 0.280. The highest BCUT2D eigenvalue weighted by Gasteiger charge is 2.42. The lowest BCUT2D eigenvalue weighted by Gasteiger charge is -2.39. The fourth-order valence-corrected chi connectivity index (χ4v) is 8.95. The summed E-state index contributed by atoms with van der Waals surface area (Å²) in [5, 5.41) is 0. The van der Waals surface area contributed by atoms with Gasteiger partial charge in [-0.1, -0.05) is 18.7 Å². The Balaban J connectivity index is 4.92. The number of rotatable bonds is 11.